The van der Waals surface area contributed by atoms with Gasteiger partial charge in [0.25, 0.3) is 0 Å². The number of piperidine rings is 1. The van der Waals surface area contributed by atoms with Crippen molar-refractivity contribution in [3.63, 3.8) is 0 Å². The number of amides is 1. The van der Waals surface area contributed by atoms with E-state index in [4.69, 9.17) is 4.74 Å². The summed E-state index contributed by atoms with van der Waals surface area (Å²) in [7, 11) is 1.56. The zero-order valence-corrected chi connectivity index (χ0v) is 12.3. The lowest BCUT2D eigenvalue weighted by molar-refractivity contribution is -0.137. The van der Waals surface area contributed by atoms with Crippen LogP contribution in [-0.2, 0) is 4.79 Å². The van der Waals surface area contributed by atoms with Crippen molar-refractivity contribution in [2.45, 2.75) is 26.7 Å². The number of hydrogen-bond donors (Lipinski definition) is 0. The van der Waals surface area contributed by atoms with E-state index in [2.05, 4.69) is 0 Å². The van der Waals surface area contributed by atoms with Crippen molar-refractivity contribution in [1.82, 2.24) is 4.90 Å². The van der Waals surface area contributed by atoms with Gasteiger partial charge < -0.3 is 9.64 Å². The molecule has 0 aliphatic carbocycles. The number of carbonyl (C=O) groups excluding carboxylic acids is 2. The van der Waals surface area contributed by atoms with E-state index in [0.717, 1.165) is 18.4 Å². The molecule has 1 saturated heterocycles. The van der Waals surface area contributed by atoms with Gasteiger partial charge >= 0.3 is 0 Å². The average molecular weight is 275 g/mol. The van der Waals surface area contributed by atoms with Crippen LogP contribution in [0, 0.1) is 12.8 Å². The molecule has 0 spiro atoms. The second-order valence-electron chi connectivity index (χ2n) is 5.43. The first-order valence-corrected chi connectivity index (χ1v) is 6.99. The highest BCUT2D eigenvalue weighted by Crippen LogP contribution is 2.22. The predicted octanol–water partition coefficient (Wildman–Crippen LogP) is 2.44. The van der Waals surface area contributed by atoms with E-state index in [1.54, 1.807) is 18.1 Å². The van der Waals surface area contributed by atoms with E-state index in [-0.39, 0.29) is 24.2 Å². The molecular formula is C16H21NO3. The molecule has 1 aliphatic rings. The van der Waals surface area contributed by atoms with Crippen molar-refractivity contribution in [2.75, 3.05) is 20.2 Å². The monoisotopic (exact) mass is 275 g/mol. The number of ether oxygens (including phenoxy) is 1. The zero-order valence-electron chi connectivity index (χ0n) is 12.3. The Morgan fingerprint density at radius 3 is 2.90 bits per heavy atom. The van der Waals surface area contributed by atoms with Crippen molar-refractivity contribution in [3.8, 4) is 5.75 Å². The highest BCUT2D eigenvalue weighted by molar-refractivity contribution is 6.01. The van der Waals surface area contributed by atoms with Gasteiger partial charge in [-0.2, -0.15) is 0 Å². The highest BCUT2D eigenvalue weighted by atomic mass is 16.5. The maximum absolute atomic E-state index is 12.4. The molecule has 20 heavy (non-hydrogen) atoms. The fourth-order valence-corrected chi connectivity index (χ4v) is 2.58. The number of carbonyl (C=O) groups is 2. The van der Waals surface area contributed by atoms with Gasteiger partial charge in [-0.3, -0.25) is 9.59 Å². The maximum Gasteiger partial charge on any atom is 0.225 e. The van der Waals surface area contributed by atoms with Gasteiger partial charge in [0.05, 0.1) is 19.2 Å². The van der Waals surface area contributed by atoms with Gasteiger partial charge in [-0.1, -0.05) is 13.0 Å². The summed E-state index contributed by atoms with van der Waals surface area (Å²) in [6.45, 7) is 4.68. The Balaban J connectivity index is 2.14. The molecule has 1 fully saturated rings. The van der Waals surface area contributed by atoms with Crippen molar-refractivity contribution in [3.05, 3.63) is 29.3 Å². The largest absolute Gasteiger partial charge is 0.496 e. The van der Waals surface area contributed by atoms with E-state index in [1.165, 1.54) is 0 Å². The number of rotatable bonds is 4. The van der Waals surface area contributed by atoms with Gasteiger partial charge in [-0.15, -0.1) is 0 Å². The second kappa shape index (κ2) is 6.07. The lowest BCUT2D eigenvalue weighted by atomic mass is 9.98. The normalized spacial score (nSPS) is 19.1. The van der Waals surface area contributed by atoms with E-state index in [9.17, 15) is 9.59 Å². The lowest BCUT2D eigenvalue weighted by Crippen LogP contribution is -2.43. The molecule has 1 aromatic carbocycles. The van der Waals surface area contributed by atoms with Crippen molar-refractivity contribution >= 4 is 11.7 Å². The minimum Gasteiger partial charge on any atom is -0.496 e. The van der Waals surface area contributed by atoms with Crippen molar-refractivity contribution in [1.29, 1.82) is 0 Å². The third-order valence-electron chi connectivity index (χ3n) is 3.79. The summed E-state index contributed by atoms with van der Waals surface area (Å²) in [6, 6.07) is 5.50. The first kappa shape index (κ1) is 14.6. The number of aryl methyl sites for hydroxylation is 1. The minimum atomic E-state index is -0.0655. The number of Topliss-reactive ketones (excluding diaryl/α,β-unsaturated/α-hetero) is 1. The standard InChI is InChI=1S/C16H21NO3/c1-11-6-7-13(15(9-11)20-3)14(18)10-17-8-4-5-12(2)16(17)19/h6-7,9,12H,4-5,8,10H2,1-3H3. The zero-order chi connectivity index (χ0) is 14.7. The van der Waals surface area contributed by atoms with E-state index >= 15 is 0 Å². The number of hydrogen-bond acceptors (Lipinski definition) is 3. The van der Waals surface area contributed by atoms with Gasteiger partial charge in [0.2, 0.25) is 5.91 Å². The lowest BCUT2D eigenvalue weighted by Gasteiger charge is -2.30. The van der Waals surface area contributed by atoms with Gasteiger partial charge in [0.1, 0.15) is 5.75 Å². The minimum absolute atomic E-state index is 0.0245. The number of likely N-dealkylation sites (tertiary alicyclic amines) is 1. The van der Waals surface area contributed by atoms with Gasteiger partial charge in [0.15, 0.2) is 5.78 Å². The Morgan fingerprint density at radius 1 is 1.45 bits per heavy atom. The fraction of sp³-hybridized carbons (Fsp3) is 0.500. The molecule has 1 unspecified atom stereocenters. The van der Waals surface area contributed by atoms with Crippen LogP contribution in [0.3, 0.4) is 0 Å². The molecule has 0 saturated carbocycles. The molecular weight excluding hydrogens is 254 g/mol. The molecule has 0 bridgehead atoms. The predicted molar refractivity (Wildman–Crippen MR) is 77.0 cm³/mol. The second-order valence-corrected chi connectivity index (χ2v) is 5.43. The van der Waals surface area contributed by atoms with Crippen LogP contribution >= 0.6 is 0 Å². The number of nitrogens with zero attached hydrogens (tertiary/aromatic N) is 1. The molecule has 0 radical (unpaired) electrons. The maximum atomic E-state index is 12.4. The Kier molecular flexibility index (Phi) is 4.42. The molecule has 1 aliphatic heterocycles. The van der Waals surface area contributed by atoms with Crippen LogP contribution in [0.25, 0.3) is 0 Å². The van der Waals surface area contributed by atoms with Crippen LogP contribution in [0.5, 0.6) is 5.75 Å². The Labute approximate surface area is 119 Å². The smallest absolute Gasteiger partial charge is 0.225 e. The third-order valence-corrected chi connectivity index (χ3v) is 3.79. The Morgan fingerprint density at radius 2 is 2.20 bits per heavy atom. The van der Waals surface area contributed by atoms with Crippen LogP contribution in [0.1, 0.15) is 35.7 Å². The van der Waals surface area contributed by atoms with Crippen molar-refractivity contribution in [2.24, 2.45) is 5.92 Å². The van der Waals surface area contributed by atoms with E-state index in [1.807, 2.05) is 26.0 Å². The van der Waals surface area contributed by atoms with Gasteiger partial charge in [-0.05, 0) is 37.5 Å². The number of ketones is 1. The first-order valence-electron chi connectivity index (χ1n) is 6.99. The highest BCUT2D eigenvalue weighted by Gasteiger charge is 2.27. The summed E-state index contributed by atoms with van der Waals surface area (Å²) in [4.78, 5) is 26.1. The molecule has 1 atom stereocenters. The molecule has 0 aromatic heterocycles. The van der Waals surface area contributed by atoms with Crippen LogP contribution in [0.15, 0.2) is 18.2 Å². The summed E-state index contributed by atoms with van der Waals surface area (Å²) in [5, 5.41) is 0. The quantitative estimate of drug-likeness (QED) is 0.793. The number of methoxy groups -OCH3 is 1. The molecule has 1 aromatic rings. The molecule has 4 heteroatoms. The number of benzene rings is 1. The van der Waals surface area contributed by atoms with Gasteiger partial charge in [0, 0.05) is 12.5 Å². The third kappa shape index (κ3) is 3.00. The fourth-order valence-electron chi connectivity index (χ4n) is 2.58. The van der Waals surface area contributed by atoms with Crippen molar-refractivity contribution < 1.29 is 14.3 Å². The summed E-state index contributed by atoms with van der Waals surface area (Å²) in [5.74, 6) is 0.615. The van der Waals surface area contributed by atoms with Crippen LogP contribution in [0.2, 0.25) is 0 Å². The topological polar surface area (TPSA) is 46.6 Å². The van der Waals surface area contributed by atoms with Crippen LogP contribution in [-0.4, -0.2) is 36.8 Å². The van der Waals surface area contributed by atoms with Crippen LogP contribution in [0.4, 0.5) is 0 Å². The van der Waals surface area contributed by atoms with E-state index < -0.39 is 0 Å². The van der Waals surface area contributed by atoms with Gasteiger partial charge in [-0.25, -0.2) is 0 Å². The average Bonchev–Trinajstić information content (AvgIpc) is 2.43. The molecule has 108 valence electrons. The summed E-state index contributed by atoms with van der Waals surface area (Å²) in [6.07, 6.45) is 1.88. The molecule has 1 amide bonds. The Hall–Kier alpha value is -1.84. The molecule has 2 rings (SSSR count). The molecule has 1 heterocycles. The SMILES string of the molecule is COc1cc(C)ccc1C(=O)CN1CCCC(C)C1=O. The molecule has 0 N–H and O–H groups in total. The van der Waals surface area contributed by atoms with E-state index in [0.29, 0.717) is 17.9 Å². The summed E-state index contributed by atoms with van der Waals surface area (Å²) in [5.41, 5.74) is 1.59. The molecule has 4 nitrogen and oxygen atoms in total. The van der Waals surface area contributed by atoms with Crippen LogP contribution < -0.4 is 4.74 Å². The summed E-state index contributed by atoms with van der Waals surface area (Å²) >= 11 is 0. The summed E-state index contributed by atoms with van der Waals surface area (Å²) < 4.78 is 5.26. The first-order chi connectivity index (χ1) is 9.52. The Bertz CT molecular complexity index is 524.